The Morgan fingerprint density at radius 2 is 2.10 bits per heavy atom. The fourth-order valence-corrected chi connectivity index (χ4v) is 2.79. The van der Waals surface area contributed by atoms with Gasteiger partial charge in [-0.05, 0) is 49.7 Å². The molecule has 0 bridgehead atoms. The molecule has 21 heavy (non-hydrogen) atoms. The zero-order chi connectivity index (χ0) is 14.8. The highest BCUT2D eigenvalue weighted by molar-refractivity contribution is 6.08. The standard InChI is InChI=1S/C17H16N2O2/c1-2-21-14-5-3-12(4-6-14)17(20)16-8-7-15-13(11-18)9-10-19(15)16/h3-8,13H,2,9-10H2,1H3. The van der Waals surface area contributed by atoms with E-state index in [4.69, 9.17) is 10.00 Å². The Labute approximate surface area is 123 Å². The van der Waals surface area contributed by atoms with E-state index in [2.05, 4.69) is 6.07 Å². The smallest absolute Gasteiger partial charge is 0.209 e. The van der Waals surface area contributed by atoms with Crippen LogP contribution in [0.2, 0.25) is 0 Å². The number of rotatable bonds is 4. The van der Waals surface area contributed by atoms with E-state index in [0.29, 0.717) is 17.9 Å². The number of ether oxygens (including phenoxy) is 1. The van der Waals surface area contributed by atoms with Crippen LogP contribution in [0.25, 0.3) is 0 Å². The number of nitriles is 1. The van der Waals surface area contributed by atoms with Gasteiger partial charge in [0.2, 0.25) is 5.78 Å². The number of carbonyl (C=O) groups excluding carboxylic acids is 1. The van der Waals surface area contributed by atoms with Crippen molar-refractivity contribution >= 4 is 5.78 Å². The summed E-state index contributed by atoms with van der Waals surface area (Å²) in [5.74, 6) is 0.661. The third-order valence-electron chi connectivity index (χ3n) is 3.83. The Balaban J connectivity index is 1.88. The summed E-state index contributed by atoms with van der Waals surface area (Å²) in [6.45, 7) is 3.27. The van der Waals surface area contributed by atoms with Crippen LogP contribution in [-0.2, 0) is 6.54 Å². The minimum absolute atomic E-state index is 0.0112. The molecular weight excluding hydrogens is 264 g/mol. The van der Waals surface area contributed by atoms with Crippen LogP contribution in [0.15, 0.2) is 36.4 Å². The molecule has 0 aliphatic carbocycles. The molecule has 2 heterocycles. The largest absolute Gasteiger partial charge is 0.494 e. The highest BCUT2D eigenvalue weighted by Crippen LogP contribution is 2.30. The lowest BCUT2D eigenvalue weighted by atomic mass is 10.1. The zero-order valence-corrected chi connectivity index (χ0v) is 11.9. The second kappa shape index (κ2) is 5.45. The van der Waals surface area contributed by atoms with Crippen LogP contribution in [0.4, 0.5) is 0 Å². The first-order valence-corrected chi connectivity index (χ1v) is 7.11. The van der Waals surface area contributed by atoms with Crippen molar-refractivity contribution in [2.45, 2.75) is 25.8 Å². The number of hydrogen-bond acceptors (Lipinski definition) is 3. The lowest BCUT2D eigenvalue weighted by molar-refractivity contribution is 0.103. The molecule has 0 radical (unpaired) electrons. The third kappa shape index (κ3) is 2.31. The second-order valence-corrected chi connectivity index (χ2v) is 5.05. The molecule has 0 amide bonds. The van der Waals surface area contributed by atoms with Crippen LogP contribution in [0.3, 0.4) is 0 Å². The first kappa shape index (κ1) is 13.4. The molecule has 4 heteroatoms. The van der Waals surface area contributed by atoms with E-state index in [1.54, 1.807) is 12.1 Å². The predicted octanol–water partition coefficient (Wildman–Crippen LogP) is 3.13. The van der Waals surface area contributed by atoms with Gasteiger partial charge in [0.1, 0.15) is 5.75 Å². The van der Waals surface area contributed by atoms with Crippen molar-refractivity contribution < 1.29 is 9.53 Å². The number of fused-ring (bicyclic) bond motifs is 1. The molecular formula is C17H16N2O2. The maximum atomic E-state index is 12.6. The van der Waals surface area contributed by atoms with Gasteiger partial charge in [0.15, 0.2) is 0 Å². The highest BCUT2D eigenvalue weighted by atomic mass is 16.5. The third-order valence-corrected chi connectivity index (χ3v) is 3.83. The van der Waals surface area contributed by atoms with Gasteiger partial charge in [-0.3, -0.25) is 4.79 Å². The summed E-state index contributed by atoms with van der Waals surface area (Å²) in [6, 6.07) is 13.2. The Hall–Kier alpha value is -2.54. The summed E-state index contributed by atoms with van der Waals surface area (Å²) in [4.78, 5) is 12.6. The van der Waals surface area contributed by atoms with Gasteiger partial charge in [-0.2, -0.15) is 5.26 Å². The van der Waals surface area contributed by atoms with E-state index in [0.717, 1.165) is 24.4 Å². The normalized spacial score (nSPS) is 16.3. The topological polar surface area (TPSA) is 55.0 Å². The summed E-state index contributed by atoms with van der Waals surface area (Å²) in [7, 11) is 0. The molecule has 1 unspecified atom stereocenters. The van der Waals surface area contributed by atoms with E-state index in [-0.39, 0.29) is 11.7 Å². The molecule has 106 valence electrons. The first-order chi connectivity index (χ1) is 10.2. The van der Waals surface area contributed by atoms with E-state index >= 15 is 0 Å². The van der Waals surface area contributed by atoms with E-state index in [1.807, 2.05) is 35.8 Å². The summed E-state index contributed by atoms with van der Waals surface area (Å²) in [5.41, 5.74) is 2.25. The monoisotopic (exact) mass is 280 g/mol. The number of ketones is 1. The molecule has 0 spiro atoms. The summed E-state index contributed by atoms with van der Waals surface area (Å²) in [5, 5.41) is 9.10. The van der Waals surface area contributed by atoms with Gasteiger partial charge >= 0.3 is 0 Å². The number of benzene rings is 1. The van der Waals surface area contributed by atoms with Crippen LogP contribution < -0.4 is 4.74 Å². The van der Waals surface area contributed by atoms with Crippen molar-refractivity contribution in [2.24, 2.45) is 0 Å². The molecule has 0 fully saturated rings. The number of aromatic nitrogens is 1. The number of nitrogens with zero attached hydrogens (tertiary/aromatic N) is 2. The van der Waals surface area contributed by atoms with Crippen molar-refractivity contribution in [3.8, 4) is 11.8 Å². The van der Waals surface area contributed by atoms with Crippen molar-refractivity contribution in [3.05, 3.63) is 53.3 Å². The molecule has 4 nitrogen and oxygen atoms in total. The number of hydrogen-bond donors (Lipinski definition) is 0. The van der Waals surface area contributed by atoms with Gasteiger partial charge in [-0.1, -0.05) is 0 Å². The summed E-state index contributed by atoms with van der Waals surface area (Å²) in [6.07, 6.45) is 0.788. The summed E-state index contributed by atoms with van der Waals surface area (Å²) >= 11 is 0. The minimum Gasteiger partial charge on any atom is -0.494 e. The molecule has 1 atom stereocenters. The molecule has 1 aliphatic rings. The SMILES string of the molecule is CCOc1ccc(C(=O)c2ccc3n2CCC3C#N)cc1. The van der Waals surface area contributed by atoms with Gasteiger partial charge in [0.05, 0.1) is 24.3 Å². The Morgan fingerprint density at radius 3 is 2.76 bits per heavy atom. The molecule has 0 saturated carbocycles. The van der Waals surface area contributed by atoms with Crippen LogP contribution in [0, 0.1) is 11.3 Å². The van der Waals surface area contributed by atoms with Gasteiger partial charge in [0, 0.05) is 17.8 Å². The van der Waals surface area contributed by atoms with Gasteiger partial charge in [-0.15, -0.1) is 0 Å². The molecule has 0 N–H and O–H groups in total. The van der Waals surface area contributed by atoms with Crippen LogP contribution in [-0.4, -0.2) is 17.0 Å². The van der Waals surface area contributed by atoms with Crippen molar-refractivity contribution in [3.63, 3.8) is 0 Å². The van der Waals surface area contributed by atoms with E-state index in [1.165, 1.54) is 0 Å². The minimum atomic E-state index is -0.0909. The zero-order valence-electron chi connectivity index (χ0n) is 11.9. The fraction of sp³-hybridized carbons (Fsp3) is 0.294. The number of carbonyl (C=O) groups is 1. The quantitative estimate of drug-likeness (QED) is 0.808. The average Bonchev–Trinajstić information content (AvgIpc) is 3.09. The van der Waals surface area contributed by atoms with Crippen LogP contribution in [0.1, 0.15) is 41.0 Å². The lowest BCUT2D eigenvalue weighted by Crippen LogP contribution is -2.08. The fourth-order valence-electron chi connectivity index (χ4n) is 2.79. The van der Waals surface area contributed by atoms with E-state index in [9.17, 15) is 4.79 Å². The van der Waals surface area contributed by atoms with Gasteiger partial charge in [0.25, 0.3) is 0 Å². The first-order valence-electron chi connectivity index (χ1n) is 7.11. The van der Waals surface area contributed by atoms with Crippen LogP contribution >= 0.6 is 0 Å². The van der Waals surface area contributed by atoms with E-state index < -0.39 is 0 Å². The molecule has 0 saturated heterocycles. The van der Waals surface area contributed by atoms with Crippen molar-refractivity contribution in [1.29, 1.82) is 5.26 Å². The highest BCUT2D eigenvalue weighted by Gasteiger charge is 2.26. The molecule has 1 aromatic heterocycles. The molecule has 1 aromatic carbocycles. The molecule has 1 aliphatic heterocycles. The predicted molar refractivity (Wildman–Crippen MR) is 78.4 cm³/mol. The average molecular weight is 280 g/mol. The molecule has 3 rings (SSSR count). The maximum absolute atomic E-state index is 12.6. The second-order valence-electron chi connectivity index (χ2n) is 5.05. The van der Waals surface area contributed by atoms with Crippen molar-refractivity contribution in [1.82, 2.24) is 4.57 Å². The van der Waals surface area contributed by atoms with Crippen LogP contribution in [0.5, 0.6) is 5.75 Å². The van der Waals surface area contributed by atoms with Crippen molar-refractivity contribution in [2.75, 3.05) is 6.61 Å². The summed E-state index contributed by atoms with van der Waals surface area (Å²) < 4.78 is 7.35. The van der Waals surface area contributed by atoms with Gasteiger partial charge in [-0.25, -0.2) is 0 Å². The lowest BCUT2D eigenvalue weighted by Gasteiger charge is -2.07. The maximum Gasteiger partial charge on any atom is 0.209 e. The molecule has 2 aromatic rings. The Bertz CT molecular complexity index is 707. The Morgan fingerprint density at radius 1 is 1.33 bits per heavy atom. The Kier molecular flexibility index (Phi) is 3.49. The van der Waals surface area contributed by atoms with Gasteiger partial charge < -0.3 is 9.30 Å².